The summed E-state index contributed by atoms with van der Waals surface area (Å²) in [5, 5.41) is 3.22. The molecule has 0 aliphatic rings. The molecule has 0 aliphatic carbocycles. The topological polar surface area (TPSA) is 68.0 Å². The summed E-state index contributed by atoms with van der Waals surface area (Å²) in [5.74, 6) is 1.09. The number of carbonyl (C=O) groups is 1. The lowest BCUT2D eigenvalue weighted by molar-refractivity contribution is -0.113. The highest BCUT2D eigenvalue weighted by molar-refractivity contribution is 9.11. The first-order chi connectivity index (χ1) is 14.6. The standard InChI is InChI=1S/C22H15Br2N3O2S/c23-16-11-17(24)21(25-12-16)26-18(28)13-30-22-27-19(14-7-3-1-4-8-14)20(29-22)15-9-5-2-6-10-15/h1-12H,13H2,(H,25,26,28). The summed E-state index contributed by atoms with van der Waals surface area (Å²) < 4.78 is 7.56. The van der Waals surface area contributed by atoms with Crippen LogP contribution in [0.2, 0.25) is 0 Å². The van der Waals surface area contributed by atoms with Crippen LogP contribution < -0.4 is 5.32 Å². The van der Waals surface area contributed by atoms with Gasteiger partial charge < -0.3 is 9.73 Å². The SMILES string of the molecule is O=C(CSc1nc(-c2ccccc2)c(-c2ccccc2)o1)Nc1ncc(Br)cc1Br. The molecule has 8 heteroatoms. The summed E-state index contributed by atoms with van der Waals surface area (Å²) in [4.78, 5) is 21.2. The van der Waals surface area contributed by atoms with Crippen LogP contribution in [0, 0.1) is 0 Å². The van der Waals surface area contributed by atoms with Crippen LogP contribution in [0.25, 0.3) is 22.6 Å². The zero-order chi connectivity index (χ0) is 20.9. The Labute approximate surface area is 194 Å². The number of hydrogen-bond donors (Lipinski definition) is 1. The van der Waals surface area contributed by atoms with E-state index in [1.54, 1.807) is 6.20 Å². The quantitative estimate of drug-likeness (QED) is 0.275. The molecule has 5 nitrogen and oxygen atoms in total. The minimum absolute atomic E-state index is 0.146. The average molecular weight is 545 g/mol. The number of nitrogens with zero attached hydrogens (tertiary/aromatic N) is 2. The highest BCUT2D eigenvalue weighted by Crippen LogP contribution is 2.35. The van der Waals surface area contributed by atoms with Gasteiger partial charge in [-0.1, -0.05) is 72.4 Å². The van der Waals surface area contributed by atoms with Crippen LogP contribution in [-0.2, 0) is 4.79 Å². The fraction of sp³-hybridized carbons (Fsp3) is 0.0455. The first-order valence-corrected chi connectivity index (χ1v) is 11.5. The summed E-state index contributed by atoms with van der Waals surface area (Å²) in [5.41, 5.74) is 2.64. The van der Waals surface area contributed by atoms with Crippen molar-refractivity contribution in [3.05, 3.63) is 81.9 Å². The highest BCUT2D eigenvalue weighted by atomic mass is 79.9. The Hall–Kier alpha value is -2.42. The number of aromatic nitrogens is 2. The van der Waals surface area contributed by atoms with E-state index in [1.807, 2.05) is 66.7 Å². The maximum Gasteiger partial charge on any atom is 0.257 e. The average Bonchev–Trinajstić information content (AvgIpc) is 3.20. The van der Waals surface area contributed by atoms with Crippen molar-refractivity contribution in [2.24, 2.45) is 0 Å². The molecule has 0 unspecified atom stereocenters. The van der Waals surface area contributed by atoms with E-state index >= 15 is 0 Å². The second-order valence-electron chi connectivity index (χ2n) is 6.21. The number of pyridine rings is 1. The number of oxazole rings is 1. The van der Waals surface area contributed by atoms with Crippen LogP contribution in [0.3, 0.4) is 0 Å². The Kier molecular flexibility index (Phi) is 6.66. The molecule has 1 amide bonds. The van der Waals surface area contributed by atoms with Gasteiger partial charge in [0.05, 0.1) is 10.2 Å². The van der Waals surface area contributed by atoms with Gasteiger partial charge in [-0.3, -0.25) is 4.79 Å². The monoisotopic (exact) mass is 543 g/mol. The lowest BCUT2D eigenvalue weighted by atomic mass is 10.1. The fourth-order valence-corrected chi connectivity index (χ4v) is 4.45. The van der Waals surface area contributed by atoms with E-state index in [0.717, 1.165) is 21.3 Å². The molecule has 1 N–H and O–H groups in total. The third kappa shape index (κ3) is 5.00. The van der Waals surface area contributed by atoms with Gasteiger partial charge in [-0.2, -0.15) is 0 Å². The summed E-state index contributed by atoms with van der Waals surface area (Å²) >= 11 is 7.97. The predicted molar refractivity (Wildman–Crippen MR) is 126 cm³/mol. The van der Waals surface area contributed by atoms with Crippen molar-refractivity contribution in [2.45, 2.75) is 5.22 Å². The Balaban J connectivity index is 1.53. The lowest BCUT2D eigenvalue weighted by Crippen LogP contribution is -2.15. The fourth-order valence-electron chi connectivity index (χ4n) is 2.74. The van der Waals surface area contributed by atoms with Crippen LogP contribution in [0.15, 0.2) is 91.5 Å². The molecule has 0 fully saturated rings. The van der Waals surface area contributed by atoms with E-state index in [1.165, 1.54) is 11.8 Å². The number of halogens is 2. The molecular formula is C22H15Br2N3O2S. The van der Waals surface area contributed by atoms with Crippen molar-refractivity contribution in [1.29, 1.82) is 0 Å². The van der Waals surface area contributed by atoms with Crippen molar-refractivity contribution >= 4 is 55.3 Å². The summed E-state index contributed by atoms with van der Waals surface area (Å²) in [6.07, 6.45) is 1.62. The molecule has 0 bridgehead atoms. The summed E-state index contributed by atoms with van der Waals surface area (Å²) in [7, 11) is 0. The van der Waals surface area contributed by atoms with E-state index < -0.39 is 0 Å². The molecule has 0 spiro atoms. The number of benzene rings is 2. The zero-order valence-corrected chi connectivity index (χ0v) is 19.5. The molecule has 150 valence electrons. The van der Waals surface area contributed by atoms with Gasteiger partial charge in [0.15, 0.2) is 5.76 Å². The van der Waals surface area contributed by atoms with E-state index in [-0.39, 0.29) is 11.7 Å². The second-order valence-corrected chi connectivity index (χ2v) is 8.91. The Morgan fingerprint density at radius 2 is 1.67 bits per heavy atom. The minimum atomic E-state index is -0.198. The number of rotatable bonds is 6. The van der Waals surface area contributed by atoms with Crippen LogP contribution in [0.4, 0.5) is 5.82 Å². The van der Waals surface area contributed by atoms with Gasteiger partial charge in [-0.05, 0) is 37.9 Å². The number of carbonyl (C=O) groups excluding carboxylic acids is 1. The third-order valence-electron chi connectivity index (χ3n) is 4.08. The van der Waals surface area contributed by atoms with Gasteiger partial charge in [0.1, 0.15) is 11.5 Å². The molecule has 2 aromatic carbocycles. The van der Waals surface area contributed by atoms with E-state index in [2.05, 4.69) is 47.1 Å². The lowest BCUT2D eigenvalue weighted by Gasteiger charge is -2.05. The van der Waals surface area contributed by atoms with Gasteiger partial charge in [0, 0.05) is 21.8 Å². The normalized spacial score (nSPS) is 10.7. The van der Waals surface area contributed by atoms with E-state index in [0.29, 0.717) is 21.3 Å². The van der Waals surface area contributed by atoms with Crippen LogP contribution >= 0.6 is 43.6 Å². The van der Waals surface area contributed by atoms with Crippen molar-refractivity contribution in [3.8, 4) is 22.6 Å². The second kappa shape index (κ2) is 9.59. The summed E-state index contributed by atoms with van der Waals surface area (Å²) in [6, 6.07) is 21.5. The Morgan fingerprint density at radius 3 is 2.33 bits per heavy atom. The molecular weight excluding hydrogens is 530 g/mol. The highest BCUT2D eigenvalue weighted by Gasteiger charge is 2.18. The molecule has 0 radical (unpaired) electrons. The van der Waals surface area contributed by atoms with Crippen molar-refractivity contribution in [2.75, 3.05) is 11.1 Å². The van der Waals surface area contributed by atoms with Gasteiger partial charge in [0.25, 0.3) is 5.22 Å². The molecule has 2 aromatic heterocycles. The maximum absolute atomic E-state index is 12.4. The predicted octanol–water partition coefficient (Wildman–Crippen LogP) is 6.66. The third-order valence-corrected chi connectivity index (χ3v) is 5.95. The van der Waals surface area contributed by atoms with Crippen molar-refractivity contribution in [3.63, 3.8) is 0 Å². The number of hydrogen-bond acceptors (Lipinski definition) is 5. The zero-order valence-electron chi connectivity index (χ0n) is 15.5. The van der Waals surface area contributed by atoms with E-state index in [9.17, 15) is 4.79 Å². The van der Waals surface area contributed by atoms with Crippen LogP contribution in [0.5, 0.6) is 0 Å². The molecule has 4 rings (SSSR count). The van der Waals surface area contributed by atoms with Gasteiger partial charge in [-0.15, -0.1) is 0 Å². The van der Waals surface area contributed by atoms with Gasteiger partial charge in [-0.25, -0.2) is 9.97 Å². The van der Waals surface area contributed by atoms with Crippen molar-refractivity contribution < 1.29 is 9.21 Å². The summed E-state index contributed by atoms with van der Waals surface area (Å²) in [6.45, 7) is 0. The molecule has 0 saturated heterocycles. The smallest absolute Gasteiger partial charge is 0.257 e. The molecule has 2 heterocycles. The van der Waals surface area contributed by atoms with Gasteiger partial charge >= 0.3 is 0 Å². The maximum atomic E-state index is 12.4. The molecule has 30 heavy (non-hydrogen) atoms. The van der Waals surface area contributed by atoms with Gasteiger partial charge in [0.2, 0.25) is 5.91 Å². The Bertz CT molecular complexity index is 1110. The molecule has 0 atom stereocenters. The number of thioether (sulfide) groups is 1. The van der Waals surface area contributed by atoms with Crippen LogP contribution in [0.1, 0.15) is 0 Å². The number of nitrogens with one attached hydrogen (secondary N) is 1. The number of anilines is 1. The van der Waals surface area contributed by atoms with Crippen LogP contribution in [-0.4, -0.2) is 21.6 Å². The first kappa shape index (κ1) is 20.8. The minimum Gasteiger partial charge on any atom is -0.431 e. The molecule has 0 saturated carbocycles. The largest absolute Gasteiger partial charge is 0.431 e. The van der Waals surface area contributed by atoms with Crippen molar-refractivity contribution in [1.82, 2.24) is 9.97 Å². The molecule has 4 aromatic rings. The Morgan fingerprint density at radius 1 is 1.00 bits per heavy atom. The first-order valence-electron chi connectivity index (χ1n) is 8.95. The van der Waals surface area contributed by atoms with E-state index in [4.69, 9.17) is 4.42 Å². The number of amides is 1. The molecule has 0 aliphatic heterocycles.